The highest BCUT2D eigenvalue weighted by atomic mass is 15.2. The van der Waals surface area contributed by atoms with Crippen LogP contribution in [0.1, 0.15) is 25.0 Å². The molecule has 0 amide bonds. The van der Waals surface area contributed by atoms with Crippen LogP contribution in [0.15, 0.2) is 194 Å². The first-order chi connectivity index (χ1) is 28.5. The van der Waals surface area contributed by atoms with Gasteiger partial charge >= 0.3 is 0 Å². The smallest absolute Gasteiger partial charge is 0.238 e. The van der Waals surface area contributed by atoms with E-state index < -0.39 is 0 Å². The molecule has 2 aromatic heterocycles. The van der Waals surface area contributed by atoms with Crippen molar-refractivity contribution >= 4 is 21.8 Å². The maximum Gasteiger partial charge on any atom is 0.238 e. The largest absolute Gasteiger partial charge is 0.278 e. The fourth-order valence-corrected chi connectivity index (χ4v) is 8.89. The third kappa shape index (κ3) is 5.56. The second-order valence-corrected chi connectivity index (χ2v) is 15.7. The zero-order valence-corrected chi connectivity index (χ0v) is 32.3. The summed E-state index contributed by atoms with van der Waals surface area (Å²) in [6.45, 7) is 4.67. The van der Waals surface area contributed by atoms with Crippen molar-refractivity contribution in [2.45, 2.75) is 19.3 Å². The lowest BCUT2D eigenvalue weighted by molar-refractivity contribution is 0.661. The number of nitrogens with zero attached hydrogens (tertiary/aromatic N) is 4. The van der Waals surface area contributed by atoms with Crippen LogP contribution in [0.25, 0.3) is 95.0 Å². The molecule has 2 heterocycles. The Hall–Kier alpha value is -7.43. The Bertz CT molecular complexity index is 3050. The molecule has 274 valence electrons. The van der Waals surface area contributed by atoms with Crippen molar-refractivity contribution in [3.05, 3.63) is 205 Å². The molecule has 11 rings (SSSR count). The number of hydrogen-bond donors (Lipinski definition) is 0. The molecule has 0 spiro atoms. The monoisotopic (exact) mass is 742 g/mol. The van der Waals surface area contributed by atoms with Gasteiger partial charge in [0.05, 0.1) is 11.0 Å². The van der Waals surface area contributed by atoms with Crippen molar-refractivity contribution in [2.75, 3.05) is 0 Å². The summed E-state index contributed by atoms with van der Waals surface area (Å²) in [7, 11) is 0. The summed E-state index contributed by atoms with van der Waals surface area (Å²) in [5.74, 6) is 1.86. The molecule has 0 fully saturated rings. The van der Waals surface area contributed by atoms with Crippen molar-refractivity contribution in [2.24, 2.45) is 0 Å². The molecule has 0 atom stereocenters. The van der Waals surface area contributed by atoms with Gasteiger partial charge in [-0.3, -0.25) is 4.57 Å². The van der Waals surface area contributed by atoms with Gasteiger partial charge in [-0.25, -0.2) is 4.98 Å². The lowest BCUT2D eigenvalue weighted by atomic mass is 9.82. The van der Waals surface area contributed by atoms with Crippen molar-refractivity contribution in [1.82, 2.24) is 19.5 Å². The van der Waals surface area contributed by atoms with E-state index in [0.29, 0.717) is 17.6 Å². The summed E-state index contributed by atoms with van der Waals surface area (Å²) >= 11 is 0. The molecule has 0 N–H and O–H groups in total. The fraction of sp³-hybridized carbons (Fsp3) is 0.0556. The first-order valence-corrected chi connectivity index (χ1v) is 19.9. The van der Waals surface area contributed by atoms with Crippen LogP contribution in [0.5, 0.6) is 0 Å². The van der Waals surface area contributed by atoms with Gasteiger partial charge in [0.1, 0.15) is 0 Å². The highest BCUT2D eigenvalue weighted by molar-refractivity contribution is 6.12. The minimum Gasteiger partial charge on any atom is -0.278 e. The average molecular weight is 743 g/mol. The van der Waals surface area contributed by atoms with Gasteiger partial charge in [-0.2, -0.15) is 9.97 Å². The van der Waals surface area contributed by atoms with Gasteiger partial charge in [-0.05, 0) is 98.1 Å². The normalized spacial score (nSPS) is 12.8. The molecule has 1 aliphatic rings. The van der Waals surface area contributed by atoms with Gasteiger partial charge in [0, 0.05) is 27.3 Å². The quantitative estimate of drug-likeness (QED) is 0.170. The van der Waals surface area contributed by atoms with E-state index in [0.717, 1.165) is 44.1 Å². The summed E-state index contributed by atoms with van der Waals surface area (Å²) in [6, 6.07) is 69.2. The van der Waals surface area contributed by atoms with Crippen molar-refractivity contribution in [3.63, 3.8) is 0 Å². The Morgan fingerprint density at radius 2 is 0.828 bits per heavy atom. The molecule has 0 unspecified atom stereocenters. The maximum absolute atomic E-state index is 5.25. The molecule has 0 saturated heterocycles. The number of aromatic nitrogens is 4. The molecule has 0 bridgehead atoms. The molecule has 58 heavy (non-hydrogen) atoms. The van der Waals surface area contributed by atoms with Crippen molar-refractivity contribution in [1.29, 1.82) is 0 Å². The maximum atomic E-state index is 5.25. The van der Waals surface area contributed by atoms with Crippen LogP contribution in [0.2, 0.25) is 0 Å². The van der Waals surface area contributed by atoms with Gasteiger partial charge in [0.2, 0.25) is 5.95 Å². The van der Waals surface area contributed by atoms with Gasteiger partial charge in [-0.1, -0.05) is 166 Å². The summed E-state index contributed by atoms with van der Waals surface area (Å²) in [5.41, 5.74) is 16.1. The molecule has 4 nitrogen and oxygen atoms in total. The van der Waals surface area contributed by atoms with Crippen LogP contribution >= 0.6 is 0 Å². The Morgan fingerprint density at radius 1 is 0.345 bits per heavy atom. The summed E-state index contributed by atoms with van der Waals surface area (Å²) in [5, 5.41) is 2.31. The van der Waals surface area contributed by atoms with Gasteiger partial charge in [0.15, 0.2) is 11.6 Å². The van der Waals surface area contributed by atoms with Crippen molar-refractivity contribution in [3.8, 4) is 73.2 Å². The Labute approximate surface area is 337 Å². The van der Waals surface area contributed by atoms with Gasteiger partial charge in [0.25, 0.3) is 0 Å². The van der Waals surface area contributed by atoms with Crippen LogP contribution in [0, 0.1) is 0 Å². The standard InChI is InChI=1S/C54H38N4/c1-54(2)47-26-16-15-25-43(47)44-33-46-45-32-39(42-30-40(35-17-7-3-8-18-35)29-41(31-42)36-19-9-4-10-20-36)27-28-49(45)58(50(46)34-48(44)54)53-56-51(37-21-11-5-12-22-37)55-52(57-53)38-23-13-6-14-24-38/h3-34H,1-2H3. The van der Waals surface area contributed by atoms with Crippen molar-refractivity contribution < 1.29 is 0 Å². The average Bonchev–Trinajstić information content (AvgIpc) is 3.73. The van der Waals surface area contributed by atoms with E-state index in [1.807, 2.05) is 36.4 Å². The van der Waals surface area contributed by atoms with E-state index in [1.54, 1.807) is 0 Å². The first kappa shape index (κ1) is 33.9. The van der Waals surface area contributed by atoms with E-state index in [9.17, 15) is 0 Å². The van der Waals surface area contributed by atoms with Crippen LogP contribution in [0.3, 0.4) is 0 Å². The molecule has 1 aliphatic carbocycles. The third-order valence-electron chi connectivity index (χ3n) is 11.8. The number of benzene rings is 8. The zero-order chi connectivity index (χ0) is 38.8. The zero-order valence-electron chi connectivity index (χ0n) is 32.3. The first-order valence-electron chi connectivity index (χ1n) is 19.9. The number of fused-ring (bicyclic) bond motifs is 6. The number of rotatable bonds is 6. The van der Waals surface area contributed by atoms with E-state index in [1.165, 1.54) is 44.5 Å². The Balaban J connectivity index is 1.20. The molecule has 0 saturated carbocycles. The molecule has 0 aliphatic heterocycles. The van der Waals surface area contributed by atoms with Crippen LogP contribution in [-0.4, -0.2) is 19.5 Å². The molecular weight excluding hydrogens is 705 g/mol. The van der Waals surface area contributed by atoms with E-state index in [2.05, 4.69) is 176 Å². The third-order valence-corrected chi connectivity index (χ3v) is 11.8. The molecule has 8 aromatic carbocycles. The van der Waals surface area contributed by atoms with Crippen LogP contribution in [-0.2, 0) is 5.41 Å². The molecular formula is C54H38N4. The Morgan fingerprint density at radius 3 is 1.40 bits per heavy atom. The number of hydrogen-bond acceptors (Lipinski definition) is 3. The van der Waals surface area contributed by atoms with E-state index in [4.69, 9.17) is 15.0 Å². The van der Waals surface area contributed by atoms with Crippen LogP contribution < -0.4 is 0 Å². The molecule has 0 radical (unpaired) electrons. The molecule has 10 aromatic rings. The Kier molecular flexibility index (Phi) is 7.80. The lowest BCUT2D eigenvalue weighted by Crippen LogP contribution is -2.15. The van der Waals surface area contributed by atoms with E-state index in [-0.39, 0.29) is 5.41 Å². The second kappa shape index (κ2) is 13.4. The topological polar surface area (TPSA) is 43.6 Å². The lowest BCUT2D eigenvalue weighted by Gasteiger charge is -2.21. The second-order valence-electron chi connectivity index (χ2n) is 15.7. The van der Waals surface area contributed by atoms with E-state index >= 15 is 0 Å². The van der Waals surface area contributed by atoms with Gasteiger partial charge in [-0.15, -0.1) is 0 Å². The fourth-order valence-electron chi connectivity index (χ4n) is 8.89. The van der Waals surface area contributed by atoms with Crippen LogP contribution in [0.4, 0.5) is 0 Å². The predicted octanol–water partition coefficient (Wildman–Crippen LogP) is 13.6. The van der Waals surface area contributed by atoms with Gasteiger partial charge < -0.3 is 0 Å². The summed E-state index contributed by atoms with van der Waals surface area (Å²) in [4.78, 5) is 15.5. The summed E-state index contributed by atoms with van der Waals surface area (Å²) < 4.78 is 2.25. The highest BCUT2D eigenvalue weighted by Crippen LogP contribution is 2.51. The summed E-state index contributed by atoms with van der Waals surface area (Å²) in [6.07, 6.45) is 0. The minimum atomic E-state index is -0.179. The predicted molar refractivity (Wildman–Crippen MR) is 239 cm³/mol. The highest BCUT2D eigenvalue weighted by Gasteiger charge is 2.36. The minimum absolute atomic E-state index is 0.179. The molecule has 4 heteroatoms. The SMILES string of the molecule is CC1(C)c2ccccc2-c2cc3c4cc(-c5cc(-c6ccccc6)cc(-c6ccccc6)c5)ccc4n(-c4nc(-c5ccccc5)nc(-c5ccccc5)n4)c3cc21.